The van der Waals surface area contributed by atoms with Gasteiger partial charge in [-0.25, -0.2) is 4.98 Å². The minimum Gasteiger partial charge on any atom is -0.406 e. The second-order valence-electron chi connectivity index (χ2n) is 6.70. The van der Waals surface area contributed by atoms with Crippen molar-refractivity contribution in [3.63, 3.8) is 0 Å². The van der Waals surface area contributed by atoms with Gasteiger partial charge in [0.15, 0.2) is 0 Å². The molecule has 1 heterocycles. The number of hydrogen-bond donors (Lipinski definition) is 2. The van der Waals surface area contributed by atoms with Gasteiger partial charge in [-0.05, 0) is 35.4 Å². The molecule has 0 aliphatic heterocycles. The molecule has 1 aromatic heterocycles. The van der Waals surface area contributed by atoms with Gasteiger partial charge in [0.05, 0.1) is 11.0 Å². The molecule has 0 spiro atoms. The van der Waals surface area contributed by atoms with Crippen LogP contribution in [0.2, 0.25) is 0 Å². The number of aliphatic hydroxyl groups excluding tert-OH is 1. The molecule has 0 radical (unpaired) electrons. The van der Waals surface area contributed by atoms with E-state index in [4.69, 9.17) is 5.11 Å². The lowest BCUT2D eigenvalue weighted by molar-refractivity contribution is -0.274. The third-order valence-electron chi connectivity index (χ3n) is 4.44. The predicted molar refractivity (Wildman–Crippen MR) is 103 cm³/mol. The Bertz CT molecular complexity index is 1220. The van der Waals surface area contributed by atoms with Crippen LogP contribution in [0.3, 0.4) is 0 Å². The average molecular weight is 475 g/mol. The highest BCUT2D eigenvalue weighted by Gasteiger charge is 2.37. The Hall–Kier alpha value is -3.61. The maximum absolute atomic E-state index is 13.3. The van der Waals surface area contributed by atoms with Gasteiger partial charge in [0, 0.05) is 13.1 Å². The van der Waals surface area contributed by atoms with Crippen LogP contribution in [0.15, 0.2) is 47.3 Å². The van der Waals surface area contributed by atoms with Gasteiger partial charge in [-0.15, -0.1) is 13.2 Å². The SMILES string of the molecule is O=C(CO)NCCn1c(=O)c(C(F)(F)F)nc2ccc(-c3ccc(OC(F)(F)F)cc3)cc21. The number of carbonyl (C=O) groups is 1. The van der Waals surface area contributed by atoms with Crippen LogP contribution >= 0.6 is 0 Å². The van der Waals surface area contributed by atoms with E-state index in [0.717, 1.165) is 16.7 Å². The molecule has 0 atom stereocenters. The molecule has 0 aliphatic carbocycles. The first-order chi connectivity index (χ1) is 15.4. The van der Waals surface area contributed by atoms with Crippen LogP contribution in [0, 0.1) is 0 Å². The van der Waals surface area contributed by atoms with Gasteiger partial charge in [-0.3, -0.25) is 9.59 Å². The zero-order valence-electron chi connectivity index (χ0n) is 16.5. The van der Waals surface area contributed by atoms with E-state index in [1.807, 2.05) is 0 Å². The molecule has 1 amide bonds. The Balaban J connectivity index is 2.05. The lowest BCUT2D eigenvalue weighted by Crippen LogP contribution is -2.35. The number of ether oxygens (including phenoxy) is 1. The van der Waals surface area contributed by atoms with Crippen LogP contribution in [0.25, 0.3) is 22.2 Å². The summed E-state index contributed by atoms with van der Waals surface area (Å²) in [5, 5.41) is 11.0. The standard InChI is InChI=1S/C20H15F6N3O4/c21-19(22,23)17-18(32)29(8-7-27-16(31)10-30)15-9-12(3-6-14(15)28-17)11-1-4-13(5-2-11)33-20(24,25)26/h1-6,9,30H,7-8,10H2,(H,27,31). The maximum Gasteiger partial charge on any atom is 0.573 e. The molecule has 0 saturated heterocycles. The molecule has 3 rings (SSSR count). The fraction of sp³-hybridized carbons (Fsp3) is 0.250. The summed E-state index contributed by atoms with van der Waals surface area (Å²) in [4.78, 5) is 27.1. The molecule has 2 N–H and O–H groups in total. The fourth-order valence-corrected chi connectivity index (χ4v) is 3.04. The van der Waals surface area contributed by atoms with Crippen molar-refractivity contribution in [3.8, 4) is 16.9 Å². The van der Waals surface area contributed by atoms with E-state index in [0.29, 0.717) is 11.1 Å². The molecule has 176 valence electrons. The van der Waals surface area contributed by atoms with Crippen molar-refractivity contribution in [2.24, 2.45) is 0 Å². The molecule has 13 heteroatoms. The molecule has 33 heavy (non-hydrogen) atoms. The second kappa shape index (κ2) is 9.10. The van der Waals surface area contributed by atoms with Crippen LogP contribution in [-0.4, -0.2) is 40.1 Å². The highest BCUT2D eigenvalue weighted by atomic mass is 19.4. The van der Waals surface area contributed by atoms with Crippen molar-refractivity contribution < 1.29 is 41.0 Å². The van der Waals surface area contributed by atoms with E-state index in [9.17, 15) is 35.9 Å². The molecular weight excluding hydrogens is 460 g/mol. The molecular formula is C20H15F6N3O4. The number of nitrogens with zero attached hydrogens (tertiary/aromatic N) is 2. The number of benzene rings is 2. The van der Waals surface area contributed by atoms with E-state index < -0.39 is 42.1 Å². The van der Waals surface area contributed by atoms with Crippen LogP contribution in [0.1, 0.15) is 5.69 Å². The number of aromatic nitrogens is 2. The first-order valence-electron chi connectivity index (χ1n) is 9.24. The van der Waals surface area contributed by atoms with Crippen LogP contribution in [-0.2, 0) is 17.5 Å². The third kappa shape index (κ3) is 5.80. The van der Waals surface area contributed by atoms with Gasteiger partial charge < -0.3 is 19.7 Å². The third-order valence-corrected chi connectivity index (χ3v) is 4.44. The topological polar surface area (TPSA) is 93.5 Å². The van der Waals surface area contributed by atoms with E-state index in [2.05, 4.69) is 15.0 Å². The lowest BCUT2D eigenvalue weighted by Gasteiger charge is -2.15. The number of amides is 1. The van der Waals surface area contributed by atoms with Gasteiger partial charge >= 0.3 is 12.5 Å². The Morgan fingerprint density at radius 3 is 2.24 bits per heavy atom. The number of aliphatic hydroxyl groups is 1. The summed E-state index contributed by atoms with van der Waals surface area (Å²) < 4.78 is 81.5. The molecule has 0 unspecified atom stereocenters. The van der Waals surface area contributed by atoms with Crippen LogP contribution < -0.4 is 15.6 Å². The fourth-order valence-electron chi connectivity index (χ4n) is 3.04. The largest absolute Gasteiger partial charge is 0.573 e. The molecule has 0 saturated carbocycles. The van der Waals surface area contributed by atoms with E-state index in [1.165, 1.54) is 30.3 Å². The van der Waals surface area contributed by atoms with Gasteiger partial charge in [0.1, 0.15) is 12.4 Å². The minimum atomic E-state index is -5.02. The highest BCUT2D eigenvalue weighted by Crippen LogP contribution is 2.30. The smallest absolute Gasteiger partial charge is 0.406 e. The molecule has 0 fully saturated rings. The predicted octanol–water partition coefficient (Wildman–Crippen LogP) is 3.09. The summed E-state index contributed by atoms with van der Waals surface area (Å²) in [7, 11) is 0. The first-order valence-corrected chi connectivity index (χ1v) is 9.24. The zero-order chi connectivity index (χ0) is 24.4. The lowest BCUT2D eigenvalue weighted by atomic mass is 10.0. The quantitative estimate of drug-likeness (QED) is 0.535. The van der Waals surface area contributed by atoms with Crippen molar-refractivity contribution in [1.82, 2.24) is 14.9 Å². The number of nitrogens with one attached hydrogen (secondary N) is 1. The van der Waals surface area contributed by atoms with Gasteiger partial charge in [0.25, 0.3) is 5.56 Å². The van der Waals surface area contributed by atoms with Crippen LogP contribution in [0.4, 0.5) is 26.3 Å². The second-order valence-corrected chi connectivity index (χ2v) is 6.70. The minimum absolute atomic E-state index is 0.0133. The van der Waals surface area contributed by atoms with Crippen molar-refractivity contribution in [2.75, 3.05) is 13.2 Å². The molecule has 0 bridgehead atoms. The Labute approximate surface area is 181 Å². The Morgan fingerprint density at radius 2 is 1.67 bits per heavy atom. The number of hydrogen-bond acceptors (Lipinski definition) is 5. The summed E-state index contributed by atoms with van der Waals surface area (Å²) in [6.45, 7) is -1.43. The van der Waals surface area contributed by atoms with Crippen LogP contribution in [0.5, 0.6) is 5.75 Å². The number of rotatable bonds is 6. The summed E-state index contributed by atoms with van der Waals surface area (Å²) in [6.07, 6.45) is -9.89. The first kappa shape index (κ1) is 24.0. The summed E-state index contributed by atoms with van der Waals surface area (Å²) in [5.41, 5.74) is -2.42. The summed E-state index contributed by atoms with van der Waals surface area (Å²) in [6, 6.07) is 8.75. The van der Waals surface area contributed by atoms with Gasteiger partial charge in [-0.2, -0.15) is 13.2 Å². The summed E-state index contributed by atoms with van der Waals surface area (Å²) in [5.74, 6) is -1.24. The Morgan fingerprint density at radius 1 is 1.03 bits per heavy atom. The molecule has 3 aromatic rings. The van der Waals surface area contributed by atoms with Crippen molar-refractivity contribution in [1.29, 1.82) is 0 Å². The molecule has 2 aromatic carbocycles. The maximum atomic E-state index is 13.3. The van der Waals surface area contributed by atoms with Gasteiger partial charge in [-0.1, -0.05) is 18.2 Å². The van der Waals surface area contributed by atoms with E-state index in [1.54, 1.807) is 0 Å². The summed E-state index contributed by atoms with van der Waals surface area (Å²) >= 11 is 0. The average Bonchev–Trinajstić information content (AvgIpc) is 2.73. The Kier molecular flexibility index (Phi) is 6.63. The zero-order valence-corrected chi connectivity index (χ0v) is 16.5. The normalized spacial score (nSPS) is 12.1. The molecule has 7 nitrogen and oxygen atoms in total. The highest BCUT2D eigenvalue weighted by molar-refractivity contribution is 5.82. The van der Waals surface area contributed by atoms with Crippen molar-refractivity contribution >= 4 is 16.9 Å². The number of carbonyl (C=O) groups excluding carboxylic acids is 1. The van der Waals surface area contributed by atoms with Crippen molar-refractivity contribution in [3.05, 3.63) is 58.5 Å². The van der Waals surface area contributed by atoms with E-state index in [-0.39, 0.29) is 24.1 Å². The monoisotopic (exact) mass is 475 g/mol. The molecule has 0 aliphatic rings. The number of fused-ring (bicyclic) bond motifs is 1. The van der Waals surface area contributed by atoms with Gasteiger partial charge in [0.2, 0.25) is 11.6 Å². The number of halogens is 6. The van der Waals surface area contributed by atoms with Crippen molar-refractivity contribution in [2.45, 2.75) is 19.1 Å². The number of alkyl halides is 6. The van der Waals surface area contributed by atoms with E-state index >= 15 is 0 Å².